The van der Waals surface area contributed by atoms with Gasteiger partial charge in [0.2, 0.25) is 5.78 Å². The van der Waals surface area contributed by atoms with Gasteiger partial charge in [-0.1, -0.05) is 11.6 Å². The van der Waals surface area contributed by atoms with Gasteiger partial charge in [-0.25, -0.2) is 4.98 Å². The summed E-state index contributed by atoms with van der Waals surface area (Å²) in [5, 5.41) is 6.71. The van der Waals surface area contributed by atoms with E-state index in [1.165, 1.54) is 6.33 Å². The standard InChI is InChI=1S/C9H6ClN3O/c10-7-3-1-6(2-4-7)8(14)9-11-5-12-13-9/h1-5H,(H,11,12,13). The van der Waals surface area contributed by atoms with Crippen LogP contribution in [0, 0.1) is 0 Å². The van der Waals surface area contributed by atoms with E-state index in [0.717, 1.165) is 0 Å². The Morgan fingerprint density at radius 1 is 1.29 bits per heavy atom. The third kappa shape index (κ3) is 1.65. The molecule has 70 valence electrons. The fourth-order valence-electron chi connectivity index (χ4n) is 1.05. The second-order valence-corrected chi connectivity index (χ2v) is 3.11. The topological polar surface area (TPSA) is 58.6 Å². The molecule has 0 amide bonds. The summed E-state index contributed by atoms with van der Waals surface area (Å²) in [7, 11) is 0. The van der Waals surface area contributed by atoms with Crippen LogP contribution in [0.4, 0.5) is 0 Å². The molecule has 0 spiro atoms. The molecular weight excluding hydrogens is 202 g/mol. The number of carbonyl (C=O) groups is 1. The van der Waals surface area contributed by atoms with Crippen molar-refractivity contribution in [2.45, 2.75) is 0 Å². The average Bonchev–Trinajstić information content (AvgIpc) is 2.71. The van der Waals surface area contributed by atoms with Crippen molar-refractivity contribution in [3.05, 3.63) is 47.0 Å². The SMILES string of the molecule is O=C(c1ccc(Cl)cc1)c1ncn[nH]1. The maximum Gasteiger partial charge on any atom is 0.229 e. The third-order valence-electron chi connectivity index (χ3n) is 1.74. The lowest BCUT2D eigenvalue weighted by molar-refractivity contribution is 0.103. The van der Waals surface area contributed by atoms with E-state index < -0.39 is 0 Å². The number of hydrogen-bond acceptors (Lipinski definition) is 3. The van der Waals surface area contributed by atoms with Gasteiger partial charge in [-0.3, -0.25) is 9.89 Å². The van der Waals surface area contributed by atoms with E-state index in [4.69, 9.17) is 11.6 Å². The first-order chi connectivity index (χ1) is 6.77. The van der Waals surface area contributed by atoms with E-state index in [9.17, 15) is 4.79 Å². The molecule has 0 aliphatic rings. The van der Waals surface area contributed by atoms with Crippen molar-refractivity contribution >= 4 is 17.4 Å². The van der Waals surface area contributed by atoms with Crippen molar-refractivity contribution in [1.29, 1.82) is 0 Å². The largest absolute Gasteiger partial charge is 0.285 e. The Labute approximate surface area is 84.9 Å². The van der Waals surface area contributed by atoms with E-state index >= 15 is 0 Å². The van der Waals surface area contributed by atoms with Crippen LogP contribution in [0.15, 0.2) is 30.6 Å². The maximum absolute atomic E-state index is 11.6. The van der Waals surface area contributed by atoms with Crippen LogP contribution in [-0.2, 0) is 0 Å². The van der Waals surface area contributed by atoms with Crippen LogP contribution < -0.4 is 0 Å². The Morgan fingerprint density at radius 3 is 2.57 bits per heavy atom. The molecule has 0 aliphatic heterocycles. The minimum absolute atomic E-state index is 0.195. The van der Waals surface area contributed by atoms with Gasteiger partial charge in [0.25, 0.3) is 0 Å². The van der Waals surface area contributed by atoms with Gasteiger partial charge >= 0.3 is 0 Å². The maximum atomic E-state index is 11.6. The van der Waals surface area contributed by atoms with Gasteiger partial charge in [0.1, 0.15) is 6.33 Å². The highest BCUT2D eigenvalue weighted by atomic mass is 35.5. The quantitative estimate of drug-likeness (QED) is 0.763. The number of nitrogens with one attached hydrogen (secondary N) is 1. The van der Waals surface area contributed by atoms with Crippen LogP contribution in [0.1, 0.15) is 16.2 Å². The fraction of sp³-hybridized carbons (Fsp3) is 0. The third-order valence-corrected chi connectivity index (χ3v) is 1.99. The predicted octanol–water partition coefficient (Wildman–Crippen LogP) is 1.69. The first kappa shape index (κ1) is 8.90. The van der Waals surface area contributed by atoms with Crippen molar-refractivity contribution in [3.8, 4) is 0 Å². The Hall–Kier alpha value is -1.68. The van der Waals surface area contributed by atoms with Gasteiger partial charge < -0.3 is 0 Å². The van der Waals surface area contributed by atoms with Gasteiger partial charge in [0.05, 0.1) is 0 Å². The fourth-order valence-corrected chi connectivity index (χ4v) is 1.18. The van der Waals surface area contributed by atoms with Gasteiger partial charge in [-0.15, -0.1) is 0 Å². The molecular formula is C9H6ClN3O. The van der Waals surface area contributed by atoms with Gasteiger partial charge in [0.15, 0.2) is 5.82 Å². The van der Waals surface area contributed by atoms with Crippen molar-refractivity contribution in [2.75, 3.05) is 0 Å². The summed E-state index contributed by atoms with van der Waals surface area (Å²) in [6, 6.07) is 6.61. The van der Waals surface area contributed by atoms with Crippen LogP contribution in [0.3, 0.4) is 0 Å². The molecule has 1 aromatic heterocycles. The number of H-pyrrole nitrogens is 1. The van der Waals surface area contributed by atoms with Crippen LogP contribution in [-0.4, -0.2) is 21.0 Å². The zero-order valence-corrected chi connectivity index (χ0v) is 7.82. The lowest BCUT2D eigenvalue weighted by Crippen LogP contribution is -2.03. The summed E-state index contributed by atoms with van der Waals surface area (Å²) in [4.78, 5) is 15.4. The summed E-state index contributed by atoms with van der Waals surface area (Å²) in [6.45, 7) is 0. The normalized spacial score (nSPS) is 10.1. The van der Waals surface area contributed by atoms with E-state index in [-0.39, 0.29) is 11.6 Å². The number of aromatic amines is 1. The van der Waals surface area contributed by atoms with E-state index in [1.807, 2.05) is 0 Å². The van der Waals surface area contributed by atoms with Crippen molar-refractivity contribution < 1.29 is 4.79 Å². The molecule has 1 N–H and O–H groups in total. The molecule has 2 rings (SSSR count). The second-order valence-electron chi connectivity index (χ2n) is 2.67. The highest BCUT2D eigenvalue weighted by molar-refractivity contribution is 6.30. The zero-order valence-electron chi connectivity index (χ0n) is 7.07. The summed E-state index contributed by atoms with van der Waals surface area (Å²) in [5.74, 6) is 0.0338. The molecule has 2 aromatic rings. The number of carbonyl (C=O) groups excluding carboxylic acids is 1. The number of nitrogens with zero attached hydrogens (tertiary/aromatic N) is 2. The molecule has 1 aromatic carbocycles. The Morgan fingerprint density at radius 2 is 2.00 bits per heavy atom. The molecule has 0 saturated carbocycles. The molecule has 0 bridgehead atoms. The minimum atomic E-state index is -0.195. The molecule has 4 nitrogen and oxygen atoms in total. The number of halogens is 1. The average molecular weight is 208 g/mol. The molecule has 0 saturated heterocycles. The molecule has 0 unspecified atom stereocenters. The molecule has 5 heteroatoms. The summed E-state index contributed by atoms with van der Waals surface area (Å²) < 4.78 is 0. The number of rotatable bonds is 2. The van der Waals surface area contributed by atoms with Crippen LogP contribution in [0.25, 0.3) is 0 Å². The minimum Gasteiger partial charge on any atom is -0.285 e. The molecule has 0 atom stereocenters. The lowest BCUT2D eigenvalue weighted by atomic mass is 10.1. The lowest BCUT2D eigenvalue weighted by Gasteiger charge is -1.96. The molecule has 14 heavy (non-hydrogen) atoms. The predicted molar refractivity (Wildman–Crippen MR) is 51.3 cm³/mol. The van der Waals surface area contributed by atoms with E-state index in [2.05, 4.69) is 15.2 Å². The van der Waals surface area contributed by atoms with E-state index in [1.54, 1.807) is 24.3 Å². The highest BCUT2D eigenvalue weighted by Gasteiger charge is 2.10. The summed E-state index contributed by atoms with van der Waals surface area (Å²) in [5.41, 5.74) is 0.533. The van der Waals surface area contributed by atoms with Crippen molar-refractivity contribution in [2.24, 2.45) is 0 Å². The number of hydrogen-bond donors (Lipinski definition) is 1. The molecule has 0 aliphatic carbocycles. The second kappa shape index (κ2) is 3.59. The van der Waals surface area contributed by atoms with Crippen LogP contribution >= 0.6 is 11.6 Å². The Kier molecular flexibility index (Phi) is 2.28. The molecule has 1 heterocycles. The highest BCUT2D eigenvalue weighted by Crippen LogP contribution is 2.11. The molecule has 0 radical (unpaired) electrons. The number of ketones is 1. The van der Waals surface area contributed by atoms with Gasteiger partial charge in [-0.2, -0.15) is 5.10 Å². The number of aromatic nitrogens is 3. The smallest absolute Gasteiger partial charge is 0.229 e. The number of benzene rings is 1. The Balaban J connectivity index is 2.33. The van der Waals surface area contributed by atoms with Crippen molar-refractivity contribution in [1.82, 2.24) is 15.2 Å². The first-order valence-corrected chi connectivity index (χ1v) is 4.31. The first-order valence-electron chi connectivity index (χ1n) is 3.93. The van der Waals surface area contributed by atoms with E-state index in [0.29, 0.717) is 10.6 Å². The monoisotopic (exact) mass is 207 g/mol. The van der Waals surface area contributed by atoms with Crippen LogP contribution in [0.2, 0.25) is 5.02 Å². The molecule has 0 fully saturated rings. The zero-order chi connectivity index (χ0) is 9.97. The van der Waals surface area contributed by atoms with Gasteiger partial charge in [0, 0.05) is 10.6 Å². The van der Waals surface area contributed by atoms with Crippen molar-refractivity contribution in [3.63, 3.8) is 0 Å². The van der Waals surface area contributed by atoms with Gasteiger partial charge in [-0.05, 0) is 24.3 Å². The summed E-state index contributed by atoms with van der Waals surface area (Å²) >= 11 is 5.69. The Bertz CT molecular complexity index is 436. The van der Waals surface area contributed by atoms with Crippen LogP contribution in [0.5, 0.6) is 0 Å². The summed E-state index contributed by atoms with van der Waals surface area (Å²) in [6.07, 6.45) is 1.29.